The third-order valence-electron chi connectivity index (χ3n) is 2.97. The van der Waals surface area contributed by atoms with Gasteiger partial charge in [0, 0.05) is 12.2 Å². The summed E-state index contributed by atoms with van der Waals surface area (Å²) in [7, 11) is 0. The molecule has 19 heavy (non-hydrogen) atoms. The zero-order chi connectivity index (χ0) is 14.6. The molecule has 0 bridgehead atoms. The lowest BCUT2D eigenvalue weighted by molar-refractivity contribution is -0.120. The van der Waals surface area contributed by atoms with Crippen LogP contribution in [0.15, 0.2) is 18.2 Å². The highest BCUT2D eigenvalue weighted by Crippen LogP contribution is 2.25. The molecule has 0 heterocycles. The van der Waals surface area contributed by atoms with Gasteiger partial charge < -0.3 is 11.1 Å². The van der Waals surface area contributed by atoms with Gasteiger partial charge in [-0.15, -0.1) is 0 Å². The number of rotatable bonds is 4. The van der Waals surface area contributed by atoms with E-state index in [-0.39, 0.29) is 29.6 Å². The highest BCUT2D eigenvalue weighted by molar-refractivity contribution is 5.93. The maximum Gasteiger partial charge on any atom is 0.228 e. The summed E-state index contributed by atoms with van der Waals surface area (Å²) in [6.45, 7) is 8.32. The molecule has 0 aliphatic heterocycles. The predicted molar refractivity (Wildman–Crippen MR) is 76.4 cm³/mol. The smallest absolute Gasteiger partial charge is 0.228 e. The van der Waals surface area contributed by atoms with Crippen LogP contribution in [0, 0.1) is 24.1 Å². The molecule has 0 fully saturated rings. The lowest BCUT2D eigenvalue weighted by atomic mass is 9.84. The molecule has 1 rings (SSSR count). The Morgan fingerprint density at radius 3 is 2.58 bits per heavy atom. The van der Waals surface area contributed by atoms with Crippen molar-refractivity contribution in [2.75, 3.05) is 11.9 Å². The lowest BCUT2D eigenvalue weighted by Gasteiger charge is -2.24. The summed E-state index contributed by atoms with van der Waals surface area (Å²) in [5.41, 5.74) is 7.04. The van der Waals surface area contributed by atoms with Crippen LogP contribution in [0.3, 0.4) is 0 Å². The van der Waals surface area contributed by atoms with Crippen molar-refractivity contribution >= 4 is 11.6 Å². The SMILES string of the molecule is Cc1ccc(F)cc1NC(=O)C(CN)CC(C)(C)C. The van der Waals surface area contributed by atoms with E-state index in [1.165, 1.54) is 12.1 Å². The Hall–Kier alpha value is -1.42. The minimum Gasteiger partial charge on any atom is -0.330 e. The van der Waals surface area contributed by atoms with Gasteiger partial charge in [0.25, 0.3) is 0 Å². The molecule has 106 valence electrons. The fourth-order valence-electron chi connectivity index (χ4n) is 1.99. The van der Waals surface area contributed by atoms with E-state index >= 15 is 0 Å². The van der Waals surface area contributed by atoms with E-state index in [0.29, 0.717) is 12.1 Å². The van der Waals surface area contributed by atoms with Crippen molar-refractivity contribution in [3.8, 4) is 0 Å². The molecular weight excluding hydrogens is 243 g/mol. The first kappa shape index (κ1) is 15.6. The van der Waals surface area contributed by atoms with Gasteiger partial charge >= 0.3 is 0 Å². The number of nitrogens with one attached hydrogen (secondary N) is 1. The first-order valence-corrected chi connectivity index (χ1v) is 6.50. The van der Waals surface area contributed by atoms with Crippen LogP contribution >= 0.6 is 0 Å². The summed E-state index contributed by atoms with van der Waals surface area (Å²) < 4.78 is 13.2. The van der Waals surface area contributed by atoms with Gasteiger partial charge in [-0.3, -0.25) is 4.79 Å². The van der Waals surface area contributed by atoms with Crippen molar-refractivity contribution in [3.63, 3.8) is 0 Å². The Balaban J connectivity index is 2.80. The van der Waals surface area contributed by atoms with E-state index in [9.17, 15) is 9.18 Å². The van der Waals surface area contributed by atoms with Crippen LogP contribution in [0.2, 0.25) is 0 Å². The van der Waals surface area contributed by atoms with Gasteiger partial charge in [0.05, 0.1) is 5.92 Å². The van der Waals surface area contributed by atoms with Crippen LogP contribution < -0.4 is 11.1 Å². The molecule has 1 aromatic rings. The van der Waals surface area contributed by atoms with Gasteiger partial charge in [-0.1, -0.05) is 26.8 Å². The molecule has 0 saturated carbocycles. The second-order valence-corrected chi connectivity index (χ2v) is 6.15. The zero-order valence-electron chi connectivity index (χ0n) is 12.1. The van der Waals surface area contributed by atoms with E-state index in [2.05, 4.69) is 26.1 Å². The molecule has 4 heteroatoms. The molecule has 0 spiro atoms. The van der Waals surface area contributed by atoms with Crippen LogP contribution in [-0.2, 0) is 4.79 Å². The quantitative estimate of drug-likeness (QED) is 0.880. The van der Waals surface area contributed by atoms with Gasteiger partial charge in [0.15, 0.2) is 0 Å². The van der Waals surface area contributed by atoms with Gasteiger partial charge in [0.1, 0.15) is 5.82 Å². The fraction of sp³-hybridized carbons (Fsp3) is 0.533. The topological polar surface area (TPSA) is 55.1 Å². The number of hydrogen-bond donors (Lipinski definition) is 2. The van der Waals surface area contributed by atoms with Crippen molar-refractivity contribution in [1.29, 1.82) is 0 Å². The first-order valence-electron chi connectivity index (χ1n) is 6.50. The monoisotopic (exact) mass is 266 g/mol. The summed E-state index contributed by atoms with van der Waals surface area (Å²) in [5, 5.41) is 2.77. The van der Waals surface area contributed by atoms with Gasteiger partial charge in [-0.25, -0.2) is 4.39 Å². The molecule has 1 unspecified atom stereocenters. The van der Waals surface area contributed by atoms with E-state index in [4.69, 9.17) is 5.73 Å². The molecule has 0 aliphatic carbocycles. The maximum absolute atomic E-state index is 13.2. The number of amides is 1. The van der Waals surface area contributed by atoms with Crippen LogP contribution in [0.1, 0.15) is 32.8 Å². The molecule has 0 saturated heterocycles. The second-order valence-electron chi connectivity index (χ2n) is 6.15. The largest absolute Gasteiger partial charge is 0.330 e. The van der Waals surface area contributed by atoms with Gasteiger partial charge in [0.2, 0.25) is 5.91 Å². The maximum atomic E-state index is 13.2. The molecule has 1 atom stereocenters. The Labute approximate surface area is 114 Å². The molecular formula is C15H23FN2O. The molecule has 1 amide bonds. The zero-order valence-corrected chi connectivity index (χ0v) is 12.1. The Morgan fingerprint density at radius 1 is 1.42 bits per heavy atom. The van der Waals surface area contributed by atoms with Crippen LogP contribution in [0.5, 0.6) is 0 Å². The van der Waals surface area contributed by atoms with Crippen LogP contribution in [0.25, 0.3) is 0 Å². The summed E-state index contributed by atoms with van der Waals surface area (Å²) in [4.78, 5) is 12.2. The Bertz CT molecular complexity index is 452. The van der Waals surface area contributed by atoms with Gasteiger partial charge in [-0.05, 0) is 36.5 Å². The summed E-state index contributed by atoms with van der Waals surface area (Å²) in [6.07, 6.45) is 0.698. The highest BCUT2D eigenvalue weighted by atomic mass is 19.1. The van der Waals surface area contributed by atoms with E-state index < -0.39 is 0 Å². The summed E-state index contributed by atoms with van der Waals surface area (Å²) in [5.74, 6) is -0.769. The van der Waals surface area contributed by atoms with E-state index in [1.807, 2.05) is 6.92 Å². The lowest BCUT2D eigenvalue weighted by Crippen LogP contribution is -2.32. The highest BCUT2D eigenvalue weighted by Gasteiger charge is 2.24. The van der Waals surface area contributed by atoms with Crippen molar-refractivity contribution in [1.82, 2.24) is 0 Å². The van der Waals surface area contributed by atoms with Crippen molar-refractivity contribution in [2.45, 2.75) is 34.1 Å². The number of benzene rings is 1. The summed E-state index contributed by atoms with van der Waals surface area (Å²) >= 11 is 0. The average molecular weight is 266 g/mol. The number of carbonyl (C=O) groups excluding carboxylic acids is 1. The number of halogens is 1. The molecule has 0 aliphatic rings. The third kappa shape index (κ3) is 4.99. The predicted octanol–water partition coefficient (Wildman–Crippen LogP) is 3.08. The number of aryl methyl sites for hydroxylation is 1. The minimum absolute atomic E-state index is 0.0261. The van der Waals surface area contributed by atoms with Crippen molar-refractivity contribution in [2.24, 2.45) is 17.1 Å². The molecule has 3 nitrogen and oxygen atoms in total. The van der Waals surface area contributed by atoms with Crippen LogP contribution in [0.4, 0.5) is 10.1 Å². The minimum atomic E-state index is -0.360. The third-order valence-corrected chi connectivity index (χ3v) is 2.97. The number of nitrogens with two attached hydrogens (primary N) is 1. The average Bonchev–Trinajstić information content (AvgIpc) is 2.29. The summed E-state index contributed by atoms with van der Waals surface area (Å²) in [6, 6.07) is 4.35. The second kappa shape index (κ2) is 6.15. The van der Waals surface area contributed by atoms with Crippen molar-refractivity contribution < 1.29 is 9.18 Å². The van der Waals surface area contributed by atoms with E-state index in [1.54, 1.807) is 6.07 Å². The first-order chi connectivity index (χ1) is 8.73. The number of anilines is 1. The molecule has 0 aromatic heterocycles. The fourth-order valence-corrected chi connectivity index (χ4v) is 1.99. The Kier molecular flexibility index (Phi) is 5.06. The van der Waals surface area contributed by atoms with E-state index in [0.717, 1.165) is 5.56 Å². The molecule has 3 N–H and O–H groups in total. The van der Waals surface area contributed by atoms with Crippen LogP contribution in [-0.4, -0.2) is 12.5 Å². The standard InChI is InChI=1S/C15H23FN2O/c1-10-5-6-12(16)7-13(10)18-14(19)11(9-17)8-15(2,3)4/h5-7,11H,8-9,17H2,1-4H3,(H,18,19). The molecule has 1 aromatic carbocycles. The number of hydrogen-bond acceptors (Lipinski definition) is 2. The van der Waals surface area contributed by atoms with Gasteiger partial charge in [-0.2, -0.15) is 0 Å². The molecule has 0 radical (unpaired) electrons. The normalized spacial score (nSPS) is 13.2. The number of carbonyl (C=O) groups is 1. The van der Waals surface area contributed by atoms with Crippen molar-refractivity contribution in [3.05, 3.63) is 29.6 Å². The Morgan fingerprint density at radius 2 is 2.05 bits per heavy atom.